The van der Waals surface area contributed by atoms with Crippen molar-refractivity contribution in [3.63, 3.8) is 0 Å². The smallest absolute Gasteiger partial charge is 0.0645 e. The first kappa shape index (κ1) is 11.4. The van der Waals surface area contributed by atoms with Crippen LogP contribution in [-0.4, -0.2) is 41.0 Å². The monoisotopic (exact) mass is 243 g/mol. The van der Waals surface area contributed by atoms with E-state index < -0.39 is 0 Å². The third-order valence-corrected chi connectivity index (χ3v) is 3.17. The van der Waals surface area contributed by atoms with Gasteiger partial charge in [-0.25, -0.2) is 4.68 Å². The second-order valence-electron chi connectivity index (χ2n) is 4.52. The molecular formula is C14H17N3O. The van der Waals surface area contributed by atoms with Crippen molar-refractivity contribution in [2.45, 2.75) is 6.54 Å². The Hall–Kier alpha value is -1.65. The Labute approximate surface area is 107 Å². The summed E-state index contributed by atoms with van der Waals surface area (Å²) in [6.45, 7) is 4.66. The predicted molar refractivity (Wildman–Crippen MR) is 69.7 cm³/mol. The molecule has 1 aromatic heterocycles. The molecule has 4 nitrogen and oxygen atoms in total. The van der Waals surface area contributed by atoms with Gasteiger partial charge in [0, 0.05) is 31.4 Å². The number of benzene rings is 1. The van der Waals surface area contributed by atoms with Crippen LogP contribution < -0.4 is 0 Å². The van der Waals surface area contributed by atoms with Crippen LogP contribution >= 0.6 is 0 Å². The molecule has 0 spiro atoms. The van der Waals surface area contributed by atoms with Gasteiger partial charge in [-0.15, -0.1) is 0 Å². The van der Waals surface area contributed by atoms with E-state index in [0.29, 0.717) is 0 Å². The van der Waals surface area contributed by atoms with Gasteiger partial charge < -0.3 is 4.74 Å². The summed E-state index contributed by atoms with van der Waals surface area (Å²) >= 11 is 0. The minimum absolute atomic E-state index is 0.840. The van der Waals surface area contributed by atoms with Crippen LogP contribution in [0.3, 0.4) is 0 Å². The van der Waals surface area contributed by atoms with Crippen molar-refractivity contribution in [1.82, 2.24) is 14.7 Å². The highest BCUT2D eigenvalue weighted by Gasteiger charge is 2.11. The van der Waals surface area contributed by atoms with Gasteiger partial charge in [0.25, 0.3) is 0 Å². The van der Waals surface area contributed by atoms with E-state index in [0.717, 1.165) is 38.5 Å². The van der Waals surface area contributed by atoms with E-state index in [2.05, 4.69) is 28.3 Å². The highest BCUT2D eigenvalue weighted by molar-refractivity contribution is 5.30. The Bertz CT molecular complexity index is 489. The molecule has 0 atom stereocenters. The number of aromatic nitrogens is 2. The third kappa shape index (κ3) is 2.60. The zero-order chi connectivity index (χ0) is 12.2. The summed E-state index contributed by atoms with van der Waals surface area (Å²) in [5.41, 5.74) is 2.35. The molecule has 0 radical (unpaired) electrons. The molecular weight excluding hydrogens is 226 g/mol. The molecule has 0 unspecified atom stereocenters. The summed E-state index contributed by atoms with van der Waals surface area (Å²) in [6, 6.07) is 10.2. The van der Waals surface area contributed by atoms with Crippen LogP contribution in [0.4, 0.5) is 0 Å². The van der Waals surface area contributed by atoms with Crippen LogP contribution in [0.15, 0.2) is 42.7 Å². The molecule has 1 aliphatic heterocycles. The maximum Gasteiger partial charge on any atom is 0.0645 e. The first-order valence-corrected chi connectivity index (χ1v) is 6.31. The van der Waals surface area contributed by atoms with Crippen LogP contribution in [0.25, 0.3) is 5.69 Å². The van der Waals surface area contributed by atoms with Gasteiger partial charge in [-0.05, 0) is 12.1 Å². The standard InChI is InChI=1S/C14H17N3O/c1-2-4-14(5-3-1)17-12-13(10-15-17)11-16-6-8-18-9-7-16/h1-5,10,12H,6-9,11H2. The van der Waals surface area contributed by atoms with Crippen LogP contribution in [-0.2, 0) is 11.3 Å². The zero-order valence-electron chi connectivity index (χ0n) is 10.3. The number of morpholine rings is 1. The maximum absolute atomic E-state index is 5.35. The Balaban J connectivity index is 1.69. The van der Waals surface area contributed by atoms with Gasteiger partial charge in [-0.1, -0.05) is 18.2 Å². The fourth-order valence-corrected chi connectivity index (χ4v) is 2.18. The zero-order valence-corrected chi connectivity index (χ0v) is 10.3. The SMILES string of the molecule is c1ccc(-n2cc(CN3CCOCC3)cn2)cc1. The second-order valence-corrected chi connectivity index (χ2v) is 4.52. The van der Waals surface area contributed by atoms with Crippen LogP contribution in [0.1, 0.15) is 5.56 Å². The number of ether oxygens (including phenoxy) is 1. The van der Waals surface area contributed by atoms with E-state index in [4.69, 9.17) is 4.74 Å². The van der Waals surface area contributed by atoms with E-state index in [1.54, 1.807) is 0 Å². The number of para-hydroxylation sites is 1. The summed E-state index contributed by atoms with van der Waals surface area (Å²) in [4.78, 5) is 2.40. The average Bonchev–Trinajstić information content (AvgIpc) is 2.89. The van der Waals surface area contributed by atoms with E-state index in [-0.39, 0.29) is 0 Å². The fraction of sp³-hybridized carbons (Fsp3) is 0.357. The van der Waals surface area contributed by atoms with E-state index in [9.17, 15) is 0 Å². The third-order valence-electron chi connectivity index (χ3n) is 3.17. The molecule has 2 heterocycles. The first-order chi connectivity index (χ1) is 8.92. The summed E-state index contributed by atoms with van der Waals surface area (Å²) in [7, 11) is 0. The molecule has 0 bridgehead atoms. The molecule has 1 aromatic carbocycles. The van der Waals surface area contributed by atoms with E-state index in [1.807, 2.05) is 29.1 Å². The molecule has 0 saturated carbocycles. The molecule has 3 rings (SSSR count). The molecule has 0 aliphatic carbocycles. The number of rotatable bonds is 3. The van der Waals surface area contributed by atoms with Crippen molar-refractivity contribution in [3.05, 3.63) is 48.3 Å². The van der Waals surface area contributed by atoms with Gasteiger partial charge in [0.15, 0.2) is 0 Å². The van der Waals surface area contributed by atoms with Crippen LogP contribution in [0, 0.1) is 0 Å². The van der Waals surface area contributed by atoms with E-state index in [1.165, 1.54) is 5.56 Å². The largest absolute Gasteiger partial charge is 0.379 e. The Morgan fingerprint density at radius 1 is 1.11 bits per heavy atom. The molecule has 18 heavy (non-hydrogen) atoms. The average molecular weight is 243 g/mol. The van der Waals surface area contributed by atoms with Gasteiger partial charge in [0.2, 0.25) is 0 Å². The Kier molecular flexibility index (Phi) is 3.39. The second kappa shape index (κ2) is 5.33. The van der Waals surface area contributed by atoms with Crippen molar-refractivity contribution >= 4 is 0 Å². The maximum atomic E-state index is 5.35. The number of hydrogen-bond donors (Lipinski definition) is 0. The normalized spacial score (nSPS) is 16.9. The molecule has 0 amide bonds. The van der Waals surface area contributed by atoms with Gasteiger partial charge in [-0.3, -0.25) is 4.90 Å². The highest BCUT2D eigenvalue weighted by atomic mass is 16.5. The molecule has 1 aliphatic rings. The molecule has 1 saturated heterocycles. The number of hydrogen-bond acceptors (Lipinski definition) is 3. The lowest BCUT2D eigenvalue weighted by molar-refractivity contribution is 0.0342. The predicted octanol–water partition coefficient (Wildman–Crippen LogP) is 1.70. The lowest BCUT2D eigenvalue weighted by atomic mass is 10.3. The first-order valence-electron chi connectivity index (χ1n) is 6.31. The van der Waals surface area contributed by atoms with Crippen molar-refractivity contribution in [2.75, 3.05) is 26.3 Å². The van der Waals surface area contributed by atoms with Crippen molar-refractivity contribution < 1.29 is 4.74 Å². The lowest BCUT2D eigenvalue weighted by Crippen LogP contribution is -2.35. The lowest BCUT2D eigenvalue weighted by Gasteiger charge is -2.25. The molecule has 94 valence electrons. The molecule has 0 N–H and O–H groups in total. The van der Waals surface area contributed by atoms with Crippen LogP contribution in [0.2, 0.25) is 0 Å². The summed E-state index contributed by atoms with van der Waals surface area (Å²) in [5, 5.41) is 4.41. The Morgan fingerprint density at radius 3 is 2.67 bits per heavy atom. The quantitative estimate of drug-likeness (QED) is 0.822. The fourth-order valence-electron chi connectivity index (χ4n) is 2.18. The van der Waals surface area contributed by atoms with Gasteiger partial charge in [0.05, 0.1) is 25.1 Å². The van der Waals surface area contributed by atoms with E-state index >= 15 is 0 Å². The van der Waals surface area contributed by atoms with Crippen LogP contribution in [0.5, 0.6) is 0 Å². The van der Waals surface area contributed by atoms with Gasteiger partial charge in [-0.2, -0.15) is 5.10 Å². The summed E-state index contributed by atoms with van der Waals surface area (Å²) in [5.74, 6) is 0. The summed E-state index contributed by atoms with van der Waals surface area (Å²) in [6.07, 6.45) is 4.05. The number of nitrogens with zero attached hydrogens (tertiary/aromatic N) is 3. The molecule has 1 fully saturated rings. The van der Waals surface area contributed by atoms with Gasteiger partial charge >= 0.3 is 0 Å². The van der Waals surface area contributed by atoms with Gasteiger partial charge in [0.1, 0.15) is 0 Å². The topological polar surface area (TPSA) is 30.3 Å². The van der Waals surface area contributed by atoms with Crippen molar-refractivity contribution in [1.29, 1.82) is 0 Å². The molecule has 4 heteroatoms. The van der Waals surface area contributed by atoms with Crippen molar-refractivity contribution in [2.24, 2.45) is 0 Å². The Morgan fingerprint density at radius 2 is 1.89 bits per heavy atom. The van der Waals surface area contributed by atoms with Crippen molar-refractivity contribution in [3.8, 4) is 5.69 Å². The minimum Gasteiger partial charge on any atom is -0.379 e. The minimum atomic E-state index is 0.840. The summed E-state index contributed by atoms with van der Waals surface area (Å²) < 4.78 is 7.28. The molecule has 2 aromatic rings. The highest BCUT2D eigenvalue weighted by Crippen LogP contribution is 2.10.